The molecule has 1 saturated heterocycles. The molecule has 1 aromatic heterocycles. The first kappa shape index (κ1) is 9.74. The highest BCUT2D eigenvalue weighted by Gasteiger charge is 2.25. The molecule has 1 fully saturated rings. The molecule has 78 valence electrons. The fraction of sp³-hybridized carbons (Fsp3) is 0.636. The number of furan rings is 1. The van der Waals surface area contributed by atoms with E-state index in [0.717, 1.165) is 31.8 Å². The maximum absolute atomic E-state index is 5.39. The number of ether oxygens (including phenoxy) is 1. The van der Waals surface area contributed by atoms with Crippen LogP contribution in [0, 0.1) is 5.92 Å². The molecule has 0 saturated carbocycles. The summed E-state index contributed by atoms with van der Waals surface area (Å²) in [5, 5.41) is 3.34. The molecule has 3 nitrogen and oxygen atoms in total. The largest absolute Gasteiger partial charge is 0.469 e. The molecule has 0 amide bonds. The Bertz CT molecular complexity index is 252. The average molecular weight is 195 g/mol. The van der Waals surface area contributed by atoms with E-state index in [9.17, 15) is 0 Å². The molecule has 1 N–H and O–H groups in total. The maximum Gasteiger partial charge on any atom is 0.105 e. The number of nitrogens with one attached hydrogen (secondary N) is 1. The Labute approximate surface area is 84.4 Å². The summed E-state index contributed by atoms with van der Waals surface area (Å²) in [4.78, 5) is 0. The van der Waals surface area contributed by atoms with Crippen LogP contribution in [-0.4, -0.2) is 26.3 Å². The van der Waals surface area contributed by atoms with Crippen molar-refractivity contribution in [2.24, 2.45) is 5.92 Å². The first-order chi connectivity index (χ1) is 6.90. The van der Waals surface area contributed by atoms with E-state index in [2.05, 4.69) is 5.32 Å². The lowest BCUT2D eigenvalue weighted by Gasteiger charge is -2.20. The molecule has 0 spiro atoms. The van der Waals surface area contributed by atoms with Gasteiger partial charge in [-0.1, -0.05) is 0 Å². The van der Waals surface area contributed by atoms with Gasteiger partial charge >= 0.3 is 0 Å². The Balaban J connectivity index is 1.92. The van der Waals surface area contributed by atoms with E-state index in [1.807, 2.05) is 19.2 Å². The Morgan fingerprint density at radius 2 is 2.57 bits per heavy atom. The molecule has 14 heavy (non-hydrogen) atoms. The second kappa shape index (κ2) is 4.62. The molecule has 0 bridgehead atoms. The van der Waals surface area contributed by atoms with Crippen molar-refractivity contribution in [2.45, 2.75) is 18.9 Å². The third-order valence-corrected chi connectivity index (χ3v) is 2.91. The molecule has 2 rings (SSSR count). The SMILES string of the molecule is CNC(Cc1ccco1)C1CCOC1. The minimum absolute atomic E-state index is 0.476. The van der Waals surface area contributed by atoms with E-state index in [1.165, 1.54) is 0 Å². The third-order valence-electron chi connectivity index (χ3n) is 2.91. The van der Waals surface area contributed by atoms with Gasteiger partial charge in [0, 0.05) is 25.0 Å². The molecule has 0 aromatic carbocycles. The van der Waals surface area contributed by atoms with Gasteiger partial charge in [0.1, 0.15) is 5.76 Å². The van der Waals surface area contributed by atoms with Crippen molar-refractivity contribution in [3.05, 3.63) is 24.2 Å². The van der Waals surface area contributed by atoms with Gasteiger partial charge < -0.3 is 14.5 Å². The molecular weight excluding hydrogens is 178 g/mol. The van der Waals surface area contributed by atoms with Crippen molar-refractivity contribution in [3.63, 3.8) is 0 Å². The van der Waals surface area contributed by atoms with Gasteiger partial charge in [-0.25, -0.2) is 0 Å². The van der Waals surface area contributed by atoms with Crippen LogP contribution in [0.25, 0.3) is 0 Å². The van der Waals surface area contributed by atoms with E-state index in [1.54, 1.807) is 6.26 Å². The van der Waals surface area contributed by atoms with Crippen LogP contribution in [0.5, 0.6) is 0 Å². The lowest BCUT2D eigenvalue weighted by molar-refractivity contribution is 0.176. The second-order valence-corrected chi connectivity index (χ2v) is 3.80. The van der Waals surface area contributed by atoms with E-state index < -0.39 is 0 Å². The first-order valence-corrected chi connectivity index (χ1v) is 5.17. The summed E-state index contributed by atoms with van der Waals surface area (Å²) >= 11 is 0. The molecule has 1 aromatic rings. The molecule has 2 unspecified atom stereocenters. The molecule has 2 atom stereocenters. The highest BCUT2D eigenvalue weighted by atomic mass is 16.5. The molecule has 0 radical (unpaired) electrons. The van der Waals surface area contributed by atoms with Gasteiger partial charge in [0.05, 0.1) is 12.9 Å². The van der Waals surface area contributed by atoms with E-state index in [-0.39, 0.29) is 0 Å². The number of hydrogen-bond donors (Lipinski definition) is 1. The van der Waals surface area contributed by atoms with Gasteiger partial charge in [-0.15, -0.1) is 0 Å². The van der Waals surface area contributed by atoms with Crippen LogP contribution in [0.1, 0.15) is 12.2 Å². The molecular formula is C11H17NO2. The average Bonchev–Trinajstić information content (AvgIpc) is 2.86. The normalized spacial score (nSPS) is 23.9. The summed E-state index contributed by atoms with van der Waals surface area (Å²) in [6.45, 7) is 1.78. The first-order valence-electron chi connectivity index (χ1n) is 5.17. The van der Waals surface area contributed by atoms with Gasteiger partial charge in [-0.3, -0.25) is 0 Å². The second-order valence-electron chi connectivity index (χ2n) is 3.80. The summed E-state index contributed by atoms with van der Waals surface area (Å²) < 4.78 is 10.7. The summed E-state index contributed by atoms with van der Waals surface area (Å²) in [7, 11) is 2.01. The highest BCUT2D eigenvalue weighted by molar-refractivity contribution is 5.01. The van der Waals surface area contributed by atoms with Crippen molar-refractivity contribution in [1.82, 2.24) is 5.32 Å². The van der Waals surface area contributed by atoms with Crippen LogP contribution in [0.4, 0.5) is 0 Å². The number of hydrogen-bond acceptors (Lipinski definition) is 3. The van der Waals surface area contributed by atoms with Crippen LogP contribution < -0.4 is 5.32 Å². The minimum Gasteiger partial charge on any atom is -0.469 e. The van der Waals surface area contributed by atoms with Gasteiger partial charge in [-0.05, 0) is 25.6 Å². The van der Waals surface area contributed by atoms with Crippen LogP contribution in [0.2, 0.25) is 0 Å². The Hall–Kier alpha value is -0.800. The molecule has 1 aliphatic rings. The molecule has 3 heteroatoms. The van der Waals surface area contributed by atoms with Gasteiger partial charge in [0.25, 0.3) is 0 Å². The Morgan fingerprint density at radius 3 is 3.14 bits per heavy atom. The number of rotatable bonds is 4. The molecule has 2 heterocycles. The van der Waals surface area contributed by atoms with Gasteiger partial charge in [0.2, 0.25) is 0 Å². The fourth-order valence-corrected chi connectivity index (χ4v) is 2.02. The summed E-state index contributed by atoms with van der Waals surface area (Å²) in [6, 6.07) is 4.44. The summed E-state index contributed by atoms with van der Waals surface area (Å²) in [5.41, 5.74) is 0. The highest BCUT2D eigenvalue weighted by Crippen LogP contribution is 2.19. The van der Waals surface area contributed by atoms with Crippen LogP contribution in [0.3, 0.4) is 0 Å². The zero-order valence-corrected chi connectivity index (χ0v) is 8.53. The van der Waals surface area contributed by atoms with Crippen molar-refractivity contribution >= 4 is 0 Å². The minimum atomic E-state index is 0.476. The Kier molecular flexibility index (Phi) is 3.22. The van der Waals surface area contributed by atoms with Crippen LogP contribution in [0.15, 0.2) is 22.8 Å². The topological polar surface area (TPSA) is 34.4 Å². The quantitative estimate of drug-likeness (QED) is 0.789. The van der Waals surface area contributed by atoms with E-state index in [0.29, 0.717) is 12.0 Å². The van der Waals surface area contributed by atoms with Crippen molar-refractivity contribution < 1.29 is 9.15 Å². The number of likely N-dealkylation sites (N-methyl/N-ethyl adjacent to an activating group) is 1. The molecule has 0 aliphatic carbocycles. The smallest absolute Gasteiger partial charge is 0.105 e. The van der Waals surface area contributed by atoms with Crippen molar-refractivity contribution in [1.29, 1.82) is 0 Å². The third kappa shape index (κ3) is 2.16. The predicted octanol–water partition coefficient (Wildman–Crippen LogP) is 1.45. The Morgan fingerprint density at radius 1 is 1.64 bits per heavy atom. The zero-order valence-electron chi connectivity index (χ0n) is 8.53. The predicted molar refractivity (Wildman–Crippen MR) is 54.2 cm³/mol. The lowest BCUT2D eigenvalue weighted by atomic mass is 9.95. The monoisotopic (exact) mass is 195 g/mol. The summed E-state index contributed by atoms with van der Waals surface area (Å²) in [6.07, 6.45) is 3.84. The fourth-order valence-electron chi connectivity index (χ4n) is 2.02. The maximum atomic E-state index is 5.39. The van der Waals surface area contributed by atoms with E-state index >= 15 is 0 Å². The van der Waals surface area contributed by atoms with Crippen molar-refractivity contribution in [3.8, 4) is 0 Å². The standard InChI is InChI=1S/C11H17NO2/c1-12-11(9-4-6-13-8-9)7-10-3-2-5-14-10/h2-3,5,9,11-12H,4,6-8H2,1H3. The molecule has 1 aliphatic heterocycles. The van der Waals surface area contributed by atoms with Gasteiger partial charge in [-0.2, -0.15) is 0 Å². The zero-order chi connectivity index (χ0) is 9.80. The van der Waals surface area contributed by atoms with Crippen LogP contribution >= 0.6 is 0 Å². The van der Waals surface area contributed by atoms with Gasteiger partial charge in [0.15, 0.2) is 0 Å². The van der Waals surface area contributed by atoms with E-state index in [4.69, 9.17) is 9.15 Å². The summed E-state index contributed by atoms with van der Waals surface area (Å²) in [5.74, 6) is 1.68. The van der Waals surface area contributed by atoms with Crippen molar-refractivity contribution in [2.75, 3.05) is 20.3 Å². The van der Waals surface area contributed by atoms with Crippen LogP contribution in [-0.2, 0) is 11.2 Å². The lowest BCUT2D eigenvalue weighted by Crippen LogP contribution is -2.35.